The van der Waals surface area contributed by atoms with Gasteiger partial charge >= 0.3 is 5.97 Å². The highest BCUT2D eigenvalue weighted by atomic mass is 16.4. The van der Waals surface area contributed by atoms with Gasteiger partial charge in [0, 0.05) is 0 Å². The second-order valence-electron chi connectivity index (χ2n) is 1.86. The molecule has 0 amide bonds. The quantitative estimate of drug-likeness (QED) is 0.480. The Hall–Kier alpha value is -1.05. The molecule has 0 radical (unpaired) electrons. The molecular formula is C8H12O2. The highest BCUT2D eigenvalue weighted by Gasteiger charge is 1.98. The second-order valence-corrected chi connectivity index (χ2v) is 1.86. The Labute approximate surface area is 60.9 Å². The van der Waals surface area contributed by atoms with E-state index < -0.39 is 5.97 Å². The minimum atomic E-state index is -0.868. The minimum absolute atomic E-state index is 0.349. The predicted molar refractivity (Wildman–Crippen MR) is 40.8 cm³/mol. The maximum absolute atomic E-state index is 10.3. The van der Waals surface area contributed by atoms with E-state index in [1.165, 1.54) is 0 Å². The molecule has 0 aromatic rings. The van der Waals surface area contributed by atoms with Crippen LogP contribution in [0.4, 0.5) is 0 Å². The van der Waals surface area contributed by atoms with Gasteiger partial charge in [-0.25, -0.2) is 4.79 Å². The molecule has 0 heterocycles. The molecule has 0 saturated carbocycles. The van der Waals surface area contributed by atoms with Gasteiger partial charge in [-0.05, 0) is 13.3 Å². The lowest BCUT2D eigenvalue weighted by atomic mass is 10.2. The van der Waals surface area contributed by atoms with E-state index in [1.807, 2.05) is 13.0 Å². The molecule has 0 rings (SSSR count). The molecule has 2 heteroatoms. The average Bonchev–Trinajstić information content (AvgIpc) is 1.89. The van der Waals surface area contributed by atoms with Crippen LogP contribution in [0.5, 0.6) is 0 Å². The van der Waals surface area contributed by atoms with E-state index in [0.29, 0.717) is 5.57 Å². The van der Waals surface area contributed by atoms with Gasteiger partial charge in [0.1, 0.15) is 0 Å². The molecule has 1 N–H and O–H groups in total. The molecule has 0 aliphatic carbocycles. The highest BCUT2D eigenvalue weighted by molar-refractivity contribution is 5.89. The van der Waals surface area contributed by atoms with Crippen LogP contribution in [0, 0.1) is 0 Å². The number of allylic oxidation sites excluding steroid dienone is 2. The number of rotatable bonds is 3. The van der Waals surface area contributed by atoms with Gasteiger partial charge in [-0.15, -0.1) is 0 Å². The molecule has 0 fully saturated rings. The van der Waals surface area contributed by atoms with Crippen molar-refractivity contribution in [1.29, 1.82) is 0 Å². The Morgan fingerprint density at radius 1 is 1.60 bits per heavy atom. The normalized spacial score (nSPS) is 12.4. The number of hydrogen-bond acceptors (Lipinski definition) is 1. The van der Waals surface area contributed by atoms with Crippen LogP contribution in [0.2, 0.25) is 0 Å². The second kappa shape index (κ2) is 4.79. The lowest BCUT2D eigenvalue weighted by Crippen LogP contribution is -1.96. The Morgan fingerprint density at radius 3 is 2.50 bits per heavy atom. The summed E-state index contributed by atoms with van der Waals surface area (Å²) in [5.41, 5.74) is 0.349. The van der Waals surface area contributed by atoms with Gasteiger partial charge in [-0.3, -0.25) is 0 Å². The maximum Gasteiger partial charge on any atom is 0.335 e. The number of aliphatic carboxylic acids is 1. The highest BCUT2D eigenvalue weighted by Crippen LogP contribution is 1.96. The summed E-state index contributed by atoms with van der Waals surface area (Å²) in [5, 5.41) is 8.48. The molecule has 56 valence electrons. The fourth-order valence-corrected chi connectivity index (χ4v) is 0.536. The number of carboxylic acid groups (broad SMARTS) is 1. The van der Waals surface area contributed by atoms with E-state index in [-0.39, 0.29) is 0 Å². The summed E-state index contributed by atoms with van der Waals surface area (Å²) >= 11 is 0. The van der Waals surface area contributed by atoms with Crippen molar-refractivity contribution in [1.82, 2.24) is 0 Å². The fraction of sp³-hybridized carbons (Fsp3) is 0.375. The topological polar surface area (TPSA) is 37.3 Å². The van der Waals surface area contributed by atoms with Crippen molar-refractivity contribution in [3.05, 3.63) is 23.8 Å². The van der Waals surface area contributed by atoms with Crippen molar-refractivity contribution in [2.24, 2.45) is 0 Å². The van der Waals surface area contributed by atoms with E-state index in [4.69, 9.17) is 5.11 Å². The molecule has 0 aliphatic rings. The smallest absolute Gasteiger partial charge is 0.335 e. The first-order valence-electron chi connectivity index (χ1n) is 3.28. The van der Waals surface area contributed by atoms with E-state index in [1.54, 1.807) is 19.1 Å². The van der Waals surface area contributed by atoms with Crippen molar-refractivity contribution in [2.45, 2.75) is 20.3 Å². The molecule has 0 spiro atoms. The van der Waals surface area contributed by atoms with Gasteiger partial charge in [-0.1, -0.05) is 25.2 Å². The third kappa shape index (κ3) is 3.07. The lowest BCUT2D eigenvalue weighted by Gasteiger charge is -1.89. The Morgan fingerprint density at radius 2 is 2.20 bits per heavy atom. The first-order chi connectivity index (χ1) is 4.72. The molecule has 10 heavy (non-hydrogen) atoms. The first kappa shape index (κ1) is 8.95. The third-order valence-electron chi connectivity index (χ3n) is 1.09. The van der Waals surface area contributed by atoms with Crippen LogP contribution >= 0.6 is 0 Å². The van der Waals surface area contributed by atoms with Crippen LogP contribution in [0.25, 0.3) is 0 Å². The number of hydrogen-bond donors (Lipinski definition) is 1. The predicted octanol–water partition coefficient (Wildman–Crippen LogP) is 1.98. The van der Waals surface area contributed by atoms with Crippen LogP contribution in [0.3, 0.4) is 0 Å². The van der Waals surface area contributed by atoms with E-state index in [2.05, 4.69) is 0 Å². The Bertz CT molecular complexity index is 166. The molecule has 0 bridgehead atoms. The van der Waals surface area contributed by atoms with Crippen LogP contribution in [-0.4, -0.2) is 11.1 Å². The summed E-state index contributed by atoms with van der Waals surface area (Å²) in [5.74, 6) is -0.868. The van der Waals surface area contributed by atoms with E-state index >= 15 is 0 Å². The lowest BCUT2D eigenvalue weighted by molar-refractivity contribution is -0.132. The van der Waals surface area contributed by atoms with Crippen molar-refractivity contribution in [3.63, 3.8) is 0 Å². The molecule has 0 atom stereocenters. The van der Waals surface area contributed by atoms with Gasteiger partial charge in [0.05, 0.1) is 5.57 Å². The summed E-state index contributed by atoms with van der Waals surface area (Å²) in [6.45, 7) is 3.68. The zero-order valence-electron chi connectivity index (χ0n) is 6.29. The zero-order chi connectivity index (χ0) is 7.98. The van der Waals surface area contributed by atoms with Crippen LogP contribution in [0.15, 0.2) is 23.8 Å². The standard InChI is InChI=1S/C8H12O2/c1-3-5-6-7(4-2)8(9)10/h4-6H,3H2,1-2H3,(H,9,10)/b6-5-,7-4+. The van der Waals surface area contributed by atoms with Gasteiger partial charge in [0.25, 0.3) is 0 Å². The SMILES string of the molecule is C/C=C(\C=C/CC)C(=O)O. The monoisotopic (exact) mass is 140 g/mol. The summed E-state index contributed by atoms with van der Waals surface area (Å²) < 4.78 is 0. The summed E-state index contributed by atoms with van der Waals surface area (Å²) in [6, 6.07) is 0. The summed E-state index contributed by atoms with van der Waals surface area (Å²) in [6.07, 6.45) is 5.88. The Balaban J connectivity index is 4.12. The first-order valence-corrected chi connectivity index (χ1v) is 3.28. The molecule has 2 nitrogen and oxygen atoms in total. The van der Waals surface area contributed by atoms with E-state index in [0.717, 1.165) is 6.42 Å². The van der Waals surface area contributed by atoms with E-state index in [9.17, 15) is 4.79 Å². The van der Waals surface area contributed by atoms with Gasteiger partial charge in [-0.2, -0.15) is 0 Å². The molecule has 0 aromatic heterocycles. The molecule has 0 unspecified atom stereocenters. The maximum atomic E-state index is 10.3. The fourth-order valence-electron chi connectivity index (χ4n) is 0.536. The zero-order valence-corrected chi connectivity index (χ0v) is 6.29. The van der Waals surface area contributed by atoms with Crippen LogP contribution in [-0.2, 0) is 4.79 Å². The number of carboxylic acids is 1. The molecule has 0 saturated heterocycles. The number of carbonyl (C=O) groups is 1. The van der Waals surface area contributed by atoms with Crippen LogP contribution in [0.1, 0.15) is 20.3 Å². The van der Waals surface area contributed by atoms with Gasteiger partial charge < -0.3 is 5.11 Å². The van der Waals surface area contributed by atoms with Gasteiger partial charge in [0.15, 0.2) is 0 Å². The van der Waals surface area contributed by atoms with Gasteiger partial charge in [0.2, 0.25) is 0 Å². The molecular weight excluding hydrogens is 128 g/mol. The summed E-state index contributed by atoms with van der Waals surface area (Å²) in [7, 11) is 0. The van der Waals surface area contributed by atoms with Crippen LogP contribution < -0.4 is 0 Å². The summed E-state index contributed by atoms with van der Waals surface area (Å²) in [4.78, 5) is 10.3. The van der Waals surface area contributed by atoms with Crippen molar-refractivity contribution < 1.29 is 9.90 Å². The Kier molecular flexibility index (Phi) is 4.29. The largest absolute Gasteiger partial charge is 0.478 e. The van der Waals surface area contributed by atoms with Crippen molar-refractivity contribution >= 4 is 5.97 Å². The molecule has 0 aromatic carbocycles. The molecule has 0 aliphatic heterocycles. The van der Waals surface area contributed by atoms with Crippen molar-refractivity contribution in [2.75, 3.05) is 0 Å². The third-order valence-corrected chi connectivity index (χ3v) is 1.09. The average molecular weight is 140 g/mol. The van der Waals surface area contributed by atoms with Crippen molar-refractivity contribution in [3.8, 4) is 0 Å². The minimum Gasteiger partial charge on any atom is -0.478 e.